The standard InChI is InChI=1S/C18H24N2O4S/c21-16(15-2-1-9-25-15)19-6-3-14(4-7-19)20-10-13-5-8-24-12-18(13,11-20)17(22)23/h1-2,9,13-14H,3-8,10-12H2,(H,22,23)/t13-,18+/m0/s1. The van der Waals surface area contributed by atoms with Gasteiger partial charge in [-0.25, -0.2) is 0 Å². The highest BCUT2D eigenvalue weighted by Crippen LogP contribution is 2.43. The topological polar surface area (TPSA) is 70.1 Å². The number of nitrogens with zero attached hydrogens (tertiary/aromatic N) is 2. The van der Waals surface area contributed by atoms with Crippen molar-refractivity contribution in [3.05, 3.63) is 22.4 Å². The van der Waals surface area contributed by atoms with Gasteiger partial charge >= 0.3 is 5.97 Å². The van der Waals surface area contributed by atoms with Gasteiger partial charge in [-0.15, -0.1) is 11.3 Å². The van der Waals surface area contributed by atoms with Crippen LogP contribution in [0.3, 0.4) is 0 Å². The third-order valence-electron chi connectivity index (χ3n) is 6.12. The molecule has 1 aromatic heterocycles. The van der Waals surface area contributed by atoms with Crippen molar-refractivity contribution in [2.24, 2.45) is 11.3 Å². The van der Waals surface area contributed by atoms with Crippen LogP contribution in [0.15, 0.2) is 17.5 Å². The maximum Gasteiger partial charge on any atom is 0.313 e. The summed E-state index contributed by atoms with van der Waals surface area (Å²) in [5.74, 6) is -0.409. The first-order valence-electron chi connectivity index (χ1n) is 8.98. The van der Waals surface area contributed by atoms with Crippen LogP contribution < -0.4 is 0 Å². The normalized spacial score (nSPS) is 31.0. The number of carboxylic acid groups (broad SMARTS) is 1. The Balaban J connectivity index is 1.38. The molecule has 136 valence electrons. The van der Waals surface area contributed by atoms with Gasteiger partial charge in [-0.1, -0.05) is 6.07 Å². The van der Waals surface area contributed by atoms with Gasteiger partial charge in [0.2, 0.25) is 0 Å². The molecule has 3 aliphatic heterocycles. The van der Waals surface area contributed by atoms with Gasteiger partial charge in [-0.3, -0.25) is 14.5 Å². The lowest BCUT2D eigenvalue weighted by Crippen LogP contribution is -2.48. The molecular weight excluding hydrogens is 340 g/mol. The van der Waals surface area contributed by atoms with E-state index >= 15 is 0 Å². The van der Waals surface area contributed by atoms with E-state index in [0.29, 0.717) is 25.8 Å². The number of ether oxygens (including phenoxy) is 1. The van der Waals surface area contributed by atoms with Crippen molar-refractivity contribution in [3.63, 3.8) is 0 Å². The summed E-state index contributed by atoms with van der Waals surface area (Å²) in [5, 5.41) is 11.7. The molecule has 1 aromatic rings. The van der Waals surface area contributed by atoms with Gasteiger partial charge in [-0.05, 0) is 36.6 Å². The average Bonchev–Trinajstić information content (AvgIpc) is 3.29. The lowest BCUT2D eigenvalue weighted by Gasteiger charge is -2.37. The number of carbonyl (C=O) groups is 2. The third kappa shape index (κ3) is 2.98. The van der Waals surface area contributed by atoms with E-state index < -0.39 is 11.4 Å². The van der Waals surface area contributed by atoms with Crippen LogP contribution in [-0.4, -0.2) is 72.2 Å². The number of aliphatic carboxylic acids is 1. The number of piperidine rings is 1. The largest absolute Gasteiger partial charge is 0.481 e. The van der Waals surface area contributed by atoms with E-state index in [1.54, 1.807) is 0 Å². The molecule has 4 rings (SSSR count). The van der Waals surface area contributed by atoms with Crippen molar-refractivity contribution in [1.29, 1.82) is 0 Å². The predicted molar refractivity (Wildman–Crippen MR) is 93.8 cm³/mol. The molecule has 0 radical (unpaired) electrons. The Labute approximate surface area is 151 Å². The van der Waals surface area contributed by atoms with Crippen molar-refractivity contribution in [3.8, 4) is 0 Å². The molecule has 25 heavy (non-hydrogen) atoms. The fourth-order valence-electron chi connectivity index (χ4n) is 4.60. The van der Waals surface area contributed by atoms with Crippen molar-refractivity contribution in [1.82, 2.24) is 9.80 Å². The molecule has 1 N–H and O–H groups in total. The second-order valence-corrected chi connectivity index (χ2v) is 8.38. The van der Waals surface area contributed by atoms with Gasteiger partial charge in [0.25, 0.3) is 5.91 Å². The molecule has 1 amide bonds. The summed E-state index contributed by atoms with van der Waals surface area (Å²) < 4.78 is 5.51. The minimum Gasteiger partial charge on any atom is -0.481 e. The van der Waals surface area contributed by atoms with Crippen LogP contribution in [0.1, 0.15) is 28.9 Å². The number of thiophene rings is 1. The van der Waals surface area contributed by atoms with Gasteiger partial charge in [-0.2, -0.15) is 0 Å². The second kappa shape index (κ2) is 6.70. The molecule has 0 unspecified atom stereocenters. The first kappa shape index (κ1) is 17.0. The molecule has 0 bridgehead atoms. The van der Waals surface area contributed by atoms with E-state index in [-0.39, 0.29) is 11.8 Å². The number of likely N-dealkylation sites (tertiary alicyclic amines) is 2. The highest BCUT2D eigenvalue weighted by atomic mass is 32.1. The van der Waals surface area contributed by atoms with Crippen LogP contribution in [0.4, 0.5) is 0 Å². The maximum absolute atomic E-state index is 12.5. The van der Waals surface area contributed by atoms with Crippen LogP contribution >= 0.6 is 11.3 Å². The molecule has 0 spiro atoms. The fourth-order valence-corrected chi connectivity index (χ4v) is 5.29. The molecule has 3 fully saturated rings. The van der Waals surface area contributed by atoms with Crippen LogP contribution in [0.5, 0.6) is 0 Å². The zero-order valence-electron chi connectivity index (χ0n) is 14.2. The van der Waals surface area contributed by atoms with Gasteiger partial charge < -0.3 is 14.7 Å². The zero-order chi connectivity index (χ0) is 17.4. The molecule has 4 heterocycles. The highest BCUT2D eigenvalue weighted by Gasteiger charge is 2.55. The lowest BCUT2D eigenvalue weighted by molar-refractivity contribution is -0.159. The van der Waals surface area contributed by atoms with Gasteiger partial charge in [0.1, 0.15) is 5.41 Å². The van der Waals surface area contributed by atoms with E-state index in [4.69, 9.17) is 4.74 Å². The number of fused-ring (bicyclic) bond motifs is 1. The number of hydrogen-bond donors (Lipinski definition) is 1. The maximum atomic E-state index is 12.5. The van der Waals surface area contributed by atoms with E-state index in [1.165, 1.54) is 11.3 Å². The Kier molecular flexibility index (Phi) is 4.56. The Morgan fingerprint density at radius 3 is 2.72 bits per heavy atom. The molecule has 0 aliphatic carbocycles. The minimum atomic E-state index is -0.734. The van der Waals surface area contributed by atoms with E-state index in [1.807, 2.05) is 22.4 Å². The van der Waals surface area contributed by atoms with Gasteiger partial charge in [0.05, 0.1) is 11.5 Å². The Hall–Kier alpha value is -1.44. The Morgan fingerprint density at radius 1 is 1.28 bits per heavy atom. The van der Waals surface area contributed by atoms with Crippen LogP contribution in [0.2, 0.25) is 0 Å². The van der Waals surface area contributed by atoms with Crippen molar-refractivity contribution in [2.75, 3.05) is 39.4 Å². The Bertz CT molecular complexity index is 642. The monoisotopic (exact) mass is 364 g/mol. The highest BCUT2D eigenvalue weighted by molar-refractivity contribution is 7.12. The van der Waals surface area contributed by atoms with Gasteiger partial charge in [0.15, 0.2) is 0 Å². The summed E-state index contributed by atoms with van der Waals surface area (Å²) in [4.78, 5) is 29.4. The molecule has 0 saturated carbocycles. The summed E-state index contributed by atoms with van der Waals surface area (Å²) >= 11 is 1.49. The van der Waals surface area contributed by atoms with Crippen molar-refractivity contribution in [2.45, 2.75) is 25.3 Å². The summed E-state index contributed by atoms with van der Waals surface area (Å²) in [5.41, 5.74) is -0.734. The average molecular weight is 364 g/mol. The number of carbonyl (C=O) groups excluding carboxylic acids is 1. The van der Waals surface area contributed by atoms with E-state index in [2.05, 4.69) is 4.90 Å². The first-order valence-corrected chi connectivity index (χ1v) is 9.86. The number of rotatable bonds is 3. The van der Waals surface area contributed by atoms with Crippen LogP contribution in [-0.2, 0) is 9.53 Å². The molecular formula is C18H24N2O4S. The third-order valence-corrected chi connectivity index (χ3v) is 6.98. The number of hydrogen-bond acceptors (Lipinski definition) is 5. The van der Waals surface area contributed by atoms with Crippen molar-refractivity contribution >= 4 is 23.2 Å². The summed E-state index contributed by atoms with van der Waals surface area (Å²) in [6.45, 7) is 3.93. The van der Waals surface area contributed by atoms with Crippen molar-refractivity contribution < 1.29 is 19.4 Å². The Morgan fingerprint density at radius 2 is 2.08 bits per heavy atom. The van der Waals surface area contributed by atoms with Crippen LogP contribution in [0, 0.1) is 11.3 Å². The zero-order valence-corrected chi connectivity index (χ0v) is 15.0. The summed E-state index contributed by atoms with van der Waals surface area (Å²) in [6, 6.07) is 4.15. The minimum absolute atomic E-state index is 0.124. The predicted octanol–water partition coefficient (Wildman–Crippen LogP) is 1.78. The lowest BCUT2D eigenvalue weighted by atomic mass is 9.76. The molecule has 6 nitrogen and oxygen atoms in total. The summed E-state index contributed by atoms with van der Waals surface area (Å²) in [7, 11) is 0. The number of carboxylic acids is 1. The molecule has 3 saturated heterocycles. The fraction of sp³-hybridized carbons (Fsp3) is 0.667. The molecule has 3 aliphatic rings. The van der Waals surface area contributed by atoms with E-state index in [9.17, 15) is 14.7 Å². The molecule has 2 atom stereocenters. The number of amides is 1. The molecule has 7 heteroatoms. The van der Waals surface area contributed by atoms with Gasteiger partial charge in [0, 0.05) is 38.8 Å². The van der Waals surface area contributed by atoms with Crippen LogP contribution in [0.25, 0.3) is 0 Å². The summed E-state index contributed by atoms with van der Waals surface area (Å²) in [6.07, 6.45) is 2.67. The second-order valence-electron chi connectivity index (χ2n) is 7.43. The smallest absolute Gasteiger partial charge is 0.313 e. The van der Waals surface area contributed by atoms with E-state index in [0.717, 1.165) is 43.8 Å². The SMILES string of the molecule is O=C(c1cccs1)N1CCC(N2C[C@@H]3CCOC[C@]3(C(=O)O)C2)CC1. The molecule has 0 aromatic carbocycles. The quantitative estimate of drug-likeness (QED) is 0.885. The first-order chi connectivity index (χ1) is 12.1.